The zero-order chi connectivity index (χ0) is 12.6. The zero-order valence-corrected chi connectivity index (χ0v) is 13.3. The second kappa shape index (κ2) is 5.31. The smallest absolute Gasteiger partial charge is 0.0849 e. The van der Waals surface area contributed by atoms with Gasteiger partial charge in [-0.1, -0.05) is 17.7 Å². The Hall–Kier alpha value is -0.0200. The van der Waals surface area contributed by atoms with Crippen molar-refractivity contribution in [2.75, 3.05) is 0 Å². The molecule has 0 aliphatic heterocycles. The zero-order valence-electron chi connectivity index (χ0n) is 9.43. The number of thiophene rings is 1. The molecule has 4 heteroatoms. The summed E-state index contributed by atoms with van der Waals surface area (Å²) in [6, 6.07) is 7.92. The van der Waals surface area contributed by atoms with Gasteiger partial charge in [0.1, 0.15) is 0 Å². The summed E-state index contributed by atoms with van der Waals surface area (Å²) in [7, 11) is 0. The maximum atomic E-state index is 6.55. The van der Waals surface area contributed by atoms with Crippen LogP contribution in [0, 0.1) is 13.8 Å². The van der Waals surface area contributed by atoms with Crippen molar-refractivity contribution < 1.29 is 0 Å². The number of alkyl halides is 1. The Morgan fingerprint density at radius 1 is 1.18 bits per heavy atom. The highest BCUT2D eigenvalue weighted by molar-refractivity contribution is 9.11. The fourth-order valence-electron chi connectivity index (χ4n) is 1.80. The number of benzene rings is 1. The monoisotopic (exact) mass is 348 g/mol. The molecule has 0 bridgehead atoms. The van der Waals surface area contributed by atoms with Crippen molar-refractivity contribution >= 4 is 50.5 Å². The lowest BCUT2D eigenvalue weighted by Crippen LogP contribution is -1.96. The van der Waals surface area contributed by atoms with Gasteiger partial charge in [-0.15, -0.1) is 22.9 Å². The van der Waals surface area contributed by atoms with Crippen LogP contribution in [0.4, 0.5) is 0 Å². The first-order chi connectivity index (χ1) is 7.99. The molecule has 0 nitrogen and oxygen atoms in total. The molecule has 17 heavy (non-hydrogen) atoms. The molecule has 0 radical (unpaired) electrons. The molecule has 0 aliphatic carbocycles. The van der Waals surface area contributed by atoms with Crippen LogP contribution in [0.15, 0.2) is 28.1 Å². The van der Waals surface area contributed by atoms with Crippen LogP contribution in [0.25, 0.3) is 0 Å². The van der Waals surface area contributed by atoms with Crippen LogP contribution in [0.2, 0.25) is 5.02 Å². The number of hydrogen-bond acceptors (Lipinski definition) is 1. The summed E-state index contributed by atoms with van der Waals surface area (Å²) in [5, 5.41) is 0.633. The molecule has 1 unspecified atom stereocenters. The molecule has 1 aromatic heterocycles. The van der Waals surface area contributed by atoms with E-state index in [4.69, 9.17) is 23.2 Å². The topological polar surface area (TPSA) is 0 Å². The molecule has 1 aromatic carbocycles. The van der Waals surface area contributed by atoms with Gasteiger partial charge in [0, 0.05) is 9.90 Å². The van der Waals surface area contributed by atoms with Gasteiger partial charge in [-0.3, -0.25) is 0 Å². The Labute approximate surface area is 124 Å². The van der Waals surface area contributed by atoms with E-state index >= 15 is 0 Å². The molecule has 0 amide bonds. The summed E-state index contributed by atoms with van der Waals surface area (Å²) in [6.45, 7) is 4.12. The summed E-state index contributed by atoms with van der Waals surface area (Å²) in [5.41, 5.74) is 3.40. The third-order valence-electron chi connectivity index (χ3n) is 2.70. The molecule has 0 N–H and O–H groups in total. The van der Waals surface area contributed by atoms with Gasteiger partial charge in [-0.05, 0) is 64.7 Å². The normalized spacial score (nSPS) is 12.8. The van der Waals surface area contributed by atoms with E-state index in [0.717, 1.165) is 25.5 Å². The molecule has 1 atom stereocenters. The predicted molar refractivity (Wildman–Crippen MR) is 80.6 cm³/mol. The van der Waals surface area contributed by atoms with Crippen molar-refractivity contribution in [3.05, 3.63) is 54.6 Å². The Bertz CT molecular complexity index is 548. The van der Waals surface area contributed by atoms with Crippen LogP contribution < -0.4 is 0 Å². The first-order valence-corrected chi connectivity index (χ1v) is 7.57. The first kappa shape index (κ1) is 13.4. The quantitative estimate of drug-likeness (QED) is 0.574. The van der Waals surface area contributed by atoms with Gasteiger partial charge in [0.15, 0.2) is 0 Å². The van der Waals surface area contributed by atoms with Crippen molar-refractivity contribution in [1.82, 2.24) is 0 Å². The molecule has 0 saturated heterocycles. The van der Waals surface area contributed by atoms with E-state index in [2.05, 4.69) is 28.9 Å². The van der Waals surface area contributed by atoms with Gasteiger partial charge in [-0.2, -0.15) is 0 Å². The summed E-state index contributed by atoms with van der Waals surface area (Å²) in [4.78, 5) is 1.24. The number of aryl methyl sites for hydroxylation is 2. The van der Waals surface area contributed by atoms with Crippen molar-refractivity contribution in [2.24, 2.45) is 0 Å². The van der Waals surface area contributed by atoms with Crippen LogP contribution in [0.5, 0.6) is 0 Å². The second-order valence-electron chi connectivity index (χ2n) is 3.93. The molecule has 2 aromatic rings. The van der Waals surface area contributed by atoms with Crippen molar-refractivity contribution in [1.29, 1.82) is 0 Å². The van der Waals surface area contributed by atoms with Crippen molar-refractivity contribution in [2.45, 2.75) is 19.2 Å². The third-order valence-corrected chi connectivity index (χ3v) is 4.98. The van der Waals surface area contributed by atoms with Gasteiger partial charge in [0.2, 0.25) is 0 Å². The second-order valence-corrected chi connectivity index (χ2v) is 7.43. The van der Waals surface area contributed by atoms with E-state index in [-0.39, 0.29) is 5.38 Å². The van der Waals surface area contributed by atoms with Gasteiger partial charge in [0.05, 0.1) is 9.16 Å². The standard InChI is InChI=1S/C13H11BrCl2S/c1-7-5-9(15)3-4-10(7)13(16)11-6-12(14)17-8(11)2/h3-6,13H,1-2H3. The maximum absolute atomic E-state index is 6.55. The van der Waals surface area contributed by atoms with E-state index in [1.807, 2.05) is 25.1 Å². The van der Waals surface area contributed by atoms with Crippen LogP contribution in [0.3, 0.4) is 0 Å². The van der Waals surface area contributed by atoms with E-state index < -0.39 is 0 Å². The highest BCUT2D eigenvalue weighted by Crippen LogP contribution is 2.38. The molecule has 0 fully saturated rings. The lowest BCUT2D eigenvalue weighted by Gasteiger charge is -2.13. The minimum Gasteiger partial charge on any atom is -0.133 e. The molecular weight excluding hydrogens is 339 g/mol. The Kier molecular flexibility index (Phi) is 4.19. The molecular formula is C13H11BrCl2S. The minimum absolute atomic E-state index is 0.116. The van der Waals surface area contributed by atoms with Crippen LogP contribution in [0.1, 0.15) is 26.9 Å². The van der Waals surface area contributed by atoms with Gasteiger partial charge >= 0.3 is 0 Å². The van der Waals surface area contributed by atoms with Crippen molar-refractivity contribution in [3.63, 3.8) is 0 Å². The Morgan fingerprint density at radius 2 is 1.88 bits per heavy atom. The molecule has 0 aliphatic rings. The SMILES string of the molecule is Cc1cc(Cl)ccc1C(Cl)c1cc(Br)sc1C. The highest BCUT2D eigenvalue weighted by atomic mass is 79.9. The highest BCUT2D eigenvalue weighted by Gasteiger charge is 2.17. The lowest BCUT2D eigenvalue weighted by molar-refractivity contribution is 1.11. The van der Waals surface area contributed by atoms with Gasteiger partial charge in [0.25, 0.3) is 0 Å². The number of halogens is 3. The lowest BCUT2D eigenvalue weighted by atomic mass is 10.0. The largest absolute Gasteiger partial charge is 0.133 e. The summed E-state index contributed by atoms with van der Waals surface area (Å²) in [6.07, 6.45) is 0. The van der Waals surface area contributed by atoms with E-state index in [1.165, 1.54) is 4.88 Å². The van der Waals surface area contributed by atoms with Crippen LogP contribution >= 0.6 is 50.5 Å². The van der Waals surface area contributed by atoms with Crippen molar-refractivity contribution in [3.8, 4) is 0 Å². The molecule has 1 heterocycles. The van der Waals surface area contributed by atoms with Gasteiger partial charge < -0.3 is 0 Å². The predicted octanol–water partition coefficient (Wildman–Crippen LogP) is 6.11. The summed E-state index contributed by atoms with van der Waals surface area (Å²) in [5.74, 6) is 0. The third kappa shape index (κ3) is 2.87. The minimum atomic E-state index is -0.116. The molecule has 90 valence electrons. The van der Waals surface area contributed by atoms with Crippen LogP contribution in [-0.2, 0) is 0 Å². The summed E-state index contributed by atoms with van der Waals surface area (Å²) < 4.78 is 1.11. The Morgan fingerprint density at radius 3 is 2.41 bits per heavy atom. The average molecular weight is 350 g/mol. The van der Waals surface area contributed by atoms with E-state index in [1.54, 1.807) is 11.3 Å². The first-order valence-electron chi connectivity index (χ1n) is 5.15. The number of hydrogen-bond donors (Lipinski definition) is 0. The molecule has 2 rings (SSSR count). The van der Waals surface area contributed by atoms with Gasteiger partial charge in [-0.25, -0.2) is 0 Å². The maximum Gasteiger partial charge on any atom is 0.0849 e. The fourth-order valence-corrected chi connectivity index (χ4v) is 4.31. The average Bonchev–Trinajstić information content (AvgIpc) is 2.57. The molecule has 0 spiro atoms. The van der Waals surface area contributed by atoms with E-state index in [0.29, 0.717) is 0 Å². The summed E-state index contributed by atoms with van der Waals surface area (Å²) >= 11 is 17.7. The number of rotatable bonds is 2. The molecule has 0 saturated carbocycles. The Balaban J connectivity index is 2.43. The van der Waals surface area contributed by atoms with Crippen LogP contribution in [-0.4, -0.2) is 0 Å². The fraction of sp³-hybridized carbons (Fsp3) is 0.231. The van der Waals surface area contributed by atoms with E-state index in [9.17, 15) is 0 Å².